The largest absolute Gasteiger partial charge is 0.497 e. The van der Waals surface area contributed by atoms with E-state index in [-0.39, 0.29) is 16.9 Å². The maximum Gasteiger partial charge on any atom is 0.239 e. The molecule has 3 N–H and O–H groups in total. The molecule has 7 nitrogen and oxygen atoms in total. The van der Waals surface area contributed by atoms with E-state index in [0.717, 1.165) is 32.2 Å². The highest BCUT2D eigenvalue weighted by Gasteiger charge is 2.20. The number of Topliss-reactive ketones (excluding diaryl/α,β-unsaturated/α-hetero) is 1. The van der Waals surface area contributed by atoms with Gasteiger partial charge in [0.05, 0.1) is 22.6 Å². The van der Waals surface area contributed by atoms with E-state index in [1.165, 1.54) is 30.0 Å². The standard InChI is InChI=1S/C27H26N4O3S3/c1-4-23(25(33)31-27-30-22-13-12-20(34-3)15-24(22)37-27)36-21-7-5-6-19(14-21)29-26(35)28-18-10-8-17(9-11-18)16(2)32/h5-15,23H,4H2,1-3H3,(H2,28,29,35)(H,30,31,33). The Morgan fingerprint density at radius 2 is 1.78 bits per heavy atom. The highest BCUT2D eigenvalue weighted by molar-refractivity contribution is 8.00. The molecule has 0 aliphatic rings. The zero-order valence-electron chi connectivity index (χ0n) is 20.5. The summed E-state index contributed by atoms with van der Waals surface area (Å²) in [5, 5.41) is 9.96. The van der Waals surface area contributed by atoms with Gasteiger partial charge < -0.3 is 20.7 Å². The molecule has 1 aromatic heterocycles. The van der Waals surface area contributed by atoms with Crippen molar-refractivity contribution in [2.45, 2.75) is 30.4 Å². The van der Waals surface area contributed by atoms with Crippen molar-refractivity contribution in [3.63, 3.8) is 0 Å². The summed E-state index contributed by atoms with van der Waals surface area (Å²) < 4.78 is 6.22. The highest BCUT2D eigenvalue weighted by Crippen LogP contribution is 2.32. The third-order valence-corrected chi connectivity index (χ3v) is 7.90. The third-order valence-electron chi connectivity index (χ3n) is 5.41. The van der Waals surface area contributed by atoms with Crippen molar-refractivity contribution in [2.75, 3.05) is 23.1 Å². The molecule has 0 radical (unpaired) electrons. The Morgan fingerprint density at radius 1 is 1.03 bits per heavy atom. The molecule has 0 aliphatic carbocycles. The van der Waals surface area contributed by atoms with Crippen LogP contribution in [-0.2, 0) is 4.79 Å². The first kappa shape index (κ1) is 26.6. The number of thiocarbonyl (C=S) groups is 1. The van der Waals surface area contributed by atoms with Gasteiger partial charge in [-0.2, -0.15) is 0 Å². The molecule has 190 valence electrons. The number of thioether (sulfide) groups is 1. The number of carbonyl (C=O) groups excluding carboxylic acids is 2. The molecule has 0 saturated carbocycles. The van der Waals surface area contributed by atoms with Gasteiger partial charge in [-0.25, -0.2) is 4.98 Å². The monoisotopic (exact) mass is 550 g/mol. The van der Waals surface area contributed by atoms with Gasteiger partial charge >= 0.3 is 0 Å². The summed E-state index contributed by atoms with van der Waals surface area (Å²) in [5.74, 6) is 0.675. The first-order valence-corrected chi connectivity index (χ1v) is 13.7. The van der Waals surface area contributed by atoms with Crippen LogP contribution in [0, 0.1) is 0 Å². The van der Waals surface area contributed by atoms with Crippen molar-refractivity contribution in [1.29, 1.82) is 0 Å². The number of ether oxygens (including phenoxy) is 1. The molecule has 4 aromatic rings. The van der Waals surface area contributed by atoms with Crippen LogP contribution in [0.4, 0.5) is 16.5 Å². The number of hydrogen-bond donors (Lipinski definition) is 3. The summed E-state index contributed by atoms with van der Waals surface area (Å²) in [6.07, 6.45) is 0.656. The third kappa shape index (κ3) is 7.06. The quantitative estimate of drug-likeness (QED) is 0.119. The molecule has 0 saturated heterocycles. The van der Waals surface area contributed by atoms with Crippen molar-refractivity contribution in [2.24, 2.45) is 0 Å². The molecule has 0 bridgehead atoms. The molecule has 1 unspecified atom stereocenters. The number of anilines is 3. The molecule has 0 aliphatic heterocycles. The smallest absolute Gasteiger partial charge is 0.239 e. The van der Waals surface area contributed by atoms with Gasteiger partial charge in [0, 0.05) is 21.8 Å². The molecule has 0 fully saturated rings. The van der Waals surface area contributed by atoms with Crippen LogP contribution in [0.25, 0.3) is 10.2 Å². The van der Waals surface area contributed by atoms with Gasteiger partial charge in [-0.15, -0.1) is 11.8 Å². The number of methoxy groups -OCH3 is 1. The molecule has 3 aromatic carbocycles. The number of nitrogens with zero attached hydrogens (tertiary/aromatic N) is 1. The van der Waals surface area contributed by atoms with E-state index in [0.29, 0.717) is 22.2 Å². The summed E-state index contributed by atoms with van der Waals surface area (Å²) in [7, 11) is 1.62. The number of carbonyl (C=O) groups is 2. The van der Waals surface area contributed by atoms with Crippen LogP contribution < -0.4 is 20.7 Å². The number of fused-ring (bicyclic) bond motifs is 1. The minimum atomic E-state index is -0.290. The molecule has 10 heteroatoms. The maximum atomic E-state index is 13.0. The summed E-state index contributed by atoms with van der Waals surface area (Å²) >= 11 is 8.35. The van der Waals surface area contributed by atoms with Crippen LogP contribution >= 0.6 is 35.3 Å². The Bertz CT molecular complexity index is 1440. The zero-order valence-corrected chi connectivity index (χ0v) is 23.0. The average Bonchev–Trinajstić information content (AvgIpc) is 3.29. The lowest BCUT2D eigenvalue weighted by Crippen LogP contribution is -2.24. The van der Waals surface area contributed by atoms with Crippen molar-refractivity contribution in [1.82, 2.24) is 4.98 Å². The Morgan fingerprint density at radius 3 is 2.49 bits per heavy atom. The number of nitrogens with one attached hydrogen (secondary N) is 3. The molecular weight excluding hydrogens is 525 g/mol. The summed E-state index contributed by atoms with van der Waals surface area (Å²) in [5.41, 5.74) is 3.05. The molecule has 1 amide bonds. The van der Waals surface area contributed by atoms with Gasteiger partial charge in [-0.3, -0.25) is 9.59 Å². The molecular formula is C27H26N4O3S3. The Hall–Kier alpha value is -3.47. The minimum absolute atomic E-state index is 0.0152. The molecule has 1 atom stereocenters. The number of hydrogen-bond acceptors (Lipinski definition) is 7. The van der Waals surface area contributed by atoms with Crippen LogP contribution in [0.5, 0.6) is 5.75 Å². The van der Waals surface area contributed by atoms with Crippen LogP contribution in [0.15, 0.2) is 71.6 Å². The van der Waals surface area contributed by atoms with Gasteiger partial charge in [0.2, 0.25) is 5.91 Å². The van der Waals surface area contributed by atoms with Crippen LogP contribution in [0.1, 0.15) is 30.6 Å². The first-order chi connectivity index (χ1) is 17.8. The van der Waals surface area contributed by atoms with Crippen molar-refractivity contribution >= 4 is 78.8 Å². The normalized spacial score (nSPS) is 11.5. The van der Waals surface area contributed by atoms with Gasteiger partial charge in [0.15, 0.2) is 16.0 Å². The zero-order chi connectivity index (χ0) is 26.4. The Kier molecular flexibility index (Phi) is 8.75. The molecule has 4 rings (SSSR count). The second-order valence-electron chi connectivity index (χ2n) is 8.10. The van der Waals surface area contributed by atoms with Crippen LogP contribution in [-0.4, -0.2) is 34.1 Å². The van der Waals surface area contributed by atoms with E-state index in [9.17, 15) is 9.59 Å². The number of rotatable bonds is 9. The second kappa shape index (κ2) is 12.2. The number of ketones is 1. The van der Waals surface area contributed by atoms with E-state index < -0.39 is 0 Å². The fourth-order valence-electron chi connectivity index (χ4n) is 3.49. The number of thiazole rings is 1. The van der Waals surface area contributed by atoms with Gasteiger partial charge in [-0.1, -0.05) is 24.3 Å². The Balaban J connectivity index is 1.37. The van der Waals surface area contributed by atoms with Crippen molar-refractivity contribution < 1.29 is 14.3 Å². The number of amides is 1. The predicted molar refractivity (Wildman–Crippen MR) is 157 cm³/mol. The lowest BCUT2D eigenvalue weighted by molar-refractivity contribution is -0.115. The maximum absolute atomic E-state index is 13.0. The lowest BCUT2D eigenvalue weighted by atomic mass is 10.1. The van der Waals surface area contributed by atoms with E-state index in [2.05, 4.69) is 20.9 Å². The van der Waals surface area contributed by atoms with Crippen LogP contribution in [0.2, 0.25) is 0 Å². The minimum Gasteiger partial charge on any atom is -0.497 e. The molecule has 1 heterocycles. The fraction of sp³-hybridized carbons (Fsp3) is 0.185. The predicted octanol–water partition coefficient (Wildman–Crippen LogP) is 6.83. The number of aromatic nitrogens is 1. The van der Waals surface area contributed by atoms with E-state index >= 15 is 0 Å². The summed E-state index contributed by atoms with van der Waals surface area (Å²) in [4.78, 5) is 29.9. The summed E-state index contributed by atoms with van der Waals surface area (Å²) in [6.45, 7) is 3.52. The van der Waals surface area contributed by atoms with Crippen LogP contribution in [0.3, 0.4) is 0 Å². The first-order valence-electron chi connectivity index (χ1n) is 11.6. The SMILES string of the molecule is CCC(Sc1cccc(NC(=S)Nc2ccc(C(C)=O)cc2)c1)C(=O)Nc1nc2ccc(OC)cc2s1. The molecule has 0 spiro atoms. The number of benzene rings is 3. The topological polar surface area (TPSA) is 92.3 Å². The van der Waals surface area contributed by atoms with Gasteiger partial charge in [0.25, 0.3) is 0 Å². The van der Waals surface area contributed by atoms with E-state index in [1.807, 2.05) is 61.5 Å². The average molecular weight is 551 g/mol. The summed E-state index contributed by atoms with van der Waals surface area (Å²) in [6, 6.07) is 20.5. The van der Waals surface area contributed by atoms with E-state index in [4.69, 9.17) is 17.0 Å². The van der Waals surface area contributed by atoms with Crippen molar-refractivity contribution in [3.8, 4) is 5.75 Å². The van der Waals surface area contributed by atoms with Gasteiger partial charge in [0.1, 0.15) is 5.75 Å². The fourth-order valence-corrected chi connectivity index (χ4v) is 5.63. The Labute approximate surface area is 229 Å². The van der Waals surface area contributed by atoms with E-state index in [1.54, 1.807) is 19.2 Å². The second-order valence-corrected chi connectivity index (χ2v) is 10.8. The van der Waals surface area contributed by atoms with Gasteiger partial charge in [-0.05, 0) is 86.2 Å². The van der Waals surface area contributed by atoms with Crippen molar-refractivity contribution in [3.05, 3.63) is 72.3 Å². The molecule has 37 heavy (non-hydrogen) atoms. The lowest BCUT2D eigenvalue weighted by Gasteiger charge is -2.15. The highest BCUT2D eigenvalue weighted by atomic mass is 32.2.